The highest BCUT2D eigenvalue weighted by molar-refractivity contribution is 8.01. The monoisotopic (exact) mass is 380 g/mol. The first-order valence-electron chi connectivity index (χ1n) is 8.57. The van der Waals surface area contributed by atoms with Crippen LogP contribution in [0.1, 0.15) is 32.6 Å². The fourth-order valence-electron chi connectivity index (χ4n) is 4.38. The van der Waals surface area contributed by atoms with E-state index in [0.29, 0.717) is 22.7 Å². The molecule has 24 heavy (non-hydrogen) atoms. The molecule has 2 aromatic rings. The number of nitrogens with one attached hydrogen (secondary N) is 1. The highest BCUT2D eigenvalue weighted by Gasteiger charge is 2.42. The van der Waals surface area contributed by atoms with Crippen LogP contribution in [0.15, 0.2) is 22.5 Å². The molecule has 2 aliphatic rings. The van der Waals surface area contributed by atoms with Gasteiger partial charge in [0.15, 0.2) is 4.34 Å². The molecule has 0 spiro atoms. The normalized spacial score (nSPS) is 26.8. The second-order valence-electron chi connectivity index (χ2n) is 7.08. The molecule has 128 valence electrons. The van der Waals surface area contributed by atoms with Crippen molar-refractivity contribution in [1.82, 2.24) is 10.3 Å². The first-order chi connectivity index (χ1) is 11.6. The number of hydrogen-bond donors (Lipinski definition) is 1. The molecule has 0 aliphatic heterocycles. The molecular weight excluding hydrogens is 360 g/mol. The fourth-order valence-corrected chi connectivity index (χ4v) is 6.40. The minimum atomic E-state index is 0.118. The number of benzene rings is 1. The van der Waals surface area contributed by atoms with E-state index in [2.05, 4.69) is 17.2 Å². The minimum absolute atomic E-state index is 0.118. The molecule has 1 heterocycles. The van der Waals surface area contributed by atoms with Crippen LogP contribution in [0.25, 0.3) is 10.2 Å². The van der Waals surface area contributed by atoms with Gasteiger partial charge in [-0.25, -0.2) is 4.98 Å². The summed E-state index contributed by atoms with van der Waals surface area (Å²) < 4.78 is 2.03. The standard InChI is InChI=1S/C18H21ClN2OS2/c1-10(14-7-11-2-3-12(14)6-11)20-17(22)9-23-18-21-15-8-13(19)4-5-16(15)24-18/h4-5,8,10-12,14H,2-3,6-7,9H2,1H3,(H,20,22)/t10-,11-,12+,14-/m1/s1. The Morgan fingerprint density at radius 2 is 2.33 bits per heavy atom. The van der Waals surface area contributed by atoms with Gasteiger partial charge >= 0.3 is 0 Å². The number of aromatic nitrogens is 1. The van der Waals surface area contributed by atoms with Gasteiger partial charge in [0, 0.05) is 11.1 Å². The van der Waals surface area contributed by atoms with Crippen LogP contribution in [0, 0.1) is 17.8 Å². The molecule has 3 nitrogen and oxygen atoms in total. The lowest BCUT2D eigenvalue weighted by molar-refractivity contribution is -0.119. The summed E-state index contributed by atoms with van der Waals surface area (Å²) in [5.74, 6) is 2.99. The lowest BCUT2D eigenvalue weighted by atomic mass is 9.84. The lowest BCUT2D eigenvalue weighted by Crippen LogP contribution is -2.40. The van der Waals surface area contributed by atoms with E-state index >= 15 is 0 Å². The number of carbonyl (C=O) groups is 1. The van der Waals surface area contributed by atoms with E-state index in [1.54, 1.807) is 11.3 Å². The maximum Gasteiger partial charge on any atom is 0.230 e. The van der Waals surface area contributed by atoms with Crippen molar-refractivity contribution in [3.63, 3.8) is 0 Å². The number of nitrogens with zero attached hydrogens (tertiary/aromatic N) is 1. The van der Waals surface area contributed by atoms with Crippen molar-refractivity contribution in [3.05, 3.63) is 23.2 Å². The second kappa shape index (κ2) is 6.85. The number of hydrogen-bond acceptors (Lipinski definition) is 4. The number of halogens is 1. The largest absolute Gasteiger partial charge is 0.353 e. The van der Waals surface area contributed by atoms with Crippen LogP contribution in [0.2, 0.25) is 5.02 Å². The summed E-state index contributed by atoms with van der Waals surface area (Å²) >= 11 is 9.12. The van der Waals surface area contributed by atoms with Crippen molar-refractivity contribution in [2.24, 2.45) is 17.8 Å². The quantitative estimate of drug-likeness (QED) is 0.743. The minimum Gasteiger partial charge on any atom is -0.353 e. The van der Waals surface area contributed by atoms with Crippen LogP contribution < -0.4 is 5.32 Å². The predicted molar refractivity (Wildman–Crippen MR) is 102 cm³/mol. The van der Waals surface area contributed by atoms with Gasteiger partial charge in [-0.05, 0) is 62.1 Å². The summed E-state index contributed by atoms with van der Waals surface area (Å²) in [7, 11) is 0. The number of thiazole rings is 1. The summed E-state index contributed by atoms with van der Waals surface area (Å²) in [6.45, 7) is 2.17. The van der Waals surface area contributed by atoms with E-state index < -0.39 is 0 Å². The van der Waals surface area contributed by atoms with Crippen LogP contribution in [0.3, 0.4) is 0 Å². The Bertz CT molecular complexity index is 763. The number of fused-ring (bicyclic) bond motifs is 3. The average molecular weight is 381 g/mol. The molecule has 0 radical (unpaired) electrons. The fraction of sp³-hybridized carbons (Fsp3) is 0.556. The predicted octanol–water partition coefficient (Wildman–Crippen LogP) is 4.98. The van der Waals surface area contributed by atoms with Gasteiger partial charge in [0.1, 0.15) is 0 Å². The first-order valence-corrected chi connectivity index (χ1v) is 10.7. The van der Waals surface area contributed by atoms with Crippen molar-refractivity contribution in [2.75, 3.05) is 5.75 Å². The molecule has 1 N–H and O–H groups in total. The van der Waals surface area contributed by atoms with Crippen LogP contribution >= 0.6 is 34.7 Å². The maximum atomic E-state index is 12.3. The van der Waals surface area contributed by atoms with Crippen LogP contribution in [0.4, 0.5) is 0 Å². The number of rotatable bonds is 5. The van der Waals surface area contributed by atoms with E-state index in [9.17, 15) is 4.79 Å². The van der Waals surface area contributed by atoms with E-state index in [1.165, 1.54) is 37.4 Å². The average Bonchev–Trinajstić information content (AvgIpc) is 3.27. The third-order valence-corrected chi connectivity index (χ3v) is 7.89. The summed E-state index contributed by atoms with van der Waals surface area (Å²) in [5, 5.41) is 3.91. The summed E-state index contributed by atoms with van der Waals surface area (Å²) in [5.41, 5.74) is 0.908. The first kappa shape index (κ1) is 16.7. The molecule has 4 atom stereocenters. The van der Waals surface area contributed by atoms with Gasteiger partial charge in [-0.1, -0.05) is 29.8 Å². The molecule has 2 aliphatic carbocycles. The van der Waals surface area contributed by atoms with Crippen molar-refractivity contribution in [2.45, 2.75) is 43.0 Å². The third-order valence-electron chi connectivity index (χ3n) is 5.48. The van der Waals surface area contributed by atoms with Gasteiger partial charge in [-0.2, -0.15) is 0 Å². The molecule has 0 unspecified atom stereocenters. The summed E-state index contributed by atoms with van der Waals surface area (Å²) in [6, 6.07) is 6.02. The van der Waals surface area contributed by atoms with E-state index in [1.807, 2.05) is 18.2 Å². The molecule has 2 fully saturated rings. The van der Waals surface area contributed by atoms with Crippen LogP contribution in [-0.4, -0.2) is 22.7 Å². The topological polar surface area (TPSA) is 42.0 Å². The Labute approximate surface area is 155 Å². The van der Waals surface area contributed by atoms with Gasteiger partial charge in [0.05, 0.1) is 16.0 Å². The molecule has 1 amide bonds. The smallest absolute Gasteiger partial charge is 0.230 e. The second-order valence-corrected chi connectivity index (χ2v) is 9.76. The Kier molecular flexibility index (Phi) is 4.76. The molecule has 1 aromatic heterocycles. The Hall–Kier alpha value is -0.780. The SMILES string of the molecule is C[C@@H](NC(=O)CSc1nc2cc(Cl)ccc2s1)[C@H]1C[C@@H]2CC[C@H]1C2. The van der Waals surface area contributed by atoms with Crippen molar-refractivity contribution in [3.8, 4) is 0 Å². The van der Waals surface area contributed by atoms with Crippen molar-refractivity contribution >= 4 is 50.8 Å². The highest BCUT2D eigenvalue weighted by Crippen LogP contribution is 2.49. The van der Waals surface area contributed by atoms with Gasteiger partial charge in [-0.15, -0.1) is 11.3 Å². The molecule has 2 bridgehead atoms. The third kappa shape index (κ3) is 3.44. The van der Waals surface area contributed by atoms with Crippen LogP contribution in [-0.2, 0) is 4.79 Å². The van der Waals surface area contributed by atoms with Crippen LogP contribution in [0.5, 0.6) is 0 Å². The molecule has 1 aromatic carbocycles. The van der Waals surface area contributed by atoms with Gasteiger partial charge < -0.3 is 5.32 Å². The molecule has 0 saturated heterocycles. The highest BCUT2D eigenvalue weighted by atomic mass is 35.5. The Balaban J connectivity index is 1.31. The summed E-state index contributed by atoms with van der Waals surface area (Å²) in [6.07, 6.45) is 5.45. The number of amides is 1. The van der Waals surface area contributed by atoms with E-state index in [-0.39, 0.29) is 5.91 Å². The Morgan fingerprint density at radius 3 is 3.08 bits per heavy atom. The van der Waals surface area contributed by atoms with Crippen molar-refractivity contribution < 1.29 is 4.79 Å². The maximum absolute atomic E-state index is 12.3. The van der Waals surface area contributed by atoms with Gasteiger partial charge in [0.2, 0.25) is 5.91 Å². The number of thioether (sulfide) groups is 1. The molecular formula is C18H21ClN2OS2. The van der Waals surface area contributed by atoms with Crippen molar-refractivity contribution in [1.29, 1.82) is 0 Å². The lowest BCUT2D eigenvalue weighted by Gasteiger charge is -2.28. The van der Waals surface area contributed by atoms with Gasteiger partial charge in [-0.3, -0.25) is 4.79 Å². The van der Waals surface area contributed by atoms with E-state index in [0.717, 1.165) is 26.4 Å². The molecule has 2 saturated carbocycles. The zero-order valence-electron chi connectivity index (χ0n) is 13.6. The molecule has 4 rings (SSSR count). The van der Waals surface area contributed by atoms with E-state index in [4.69, 9.17) is 11.6 Å². The van der Waals surface area contributed by atoms with Gasteiger partial charge in [0.25, 0.3) is 0 Å². The summed E-state index contributed by atoms with van der Waals surface area (Å²) in [4.78, 5) is 16.8. The molecule has 6 heteroatoms. The zero-order chi connectivity index (χ0) is 16.7. The Morgan fingerprint density at radius 1 is 1.46 bits per heavy atom. The number of carbonyl (C=O) groups excluding carboxylic acids is 1. The zero-order valence-corrected chi connectivity index (χ0v) is 16.0.